The Morgan fingerprint density at radius 3 is 2.54 bits per heavy atom. The Balaban J connectivity index is 1.56. The topological polar surface area (TPSA) is 86.3 Å². The molecule has 1 atom stereocenters. The summed E-state index contributed by atoms with van der Waals surface area (Å²) in [6, 6.07) is 20.2. The third-order valence-electron chi connectivity index (χ3n) is 6.21. The number of benzene rings is 3. The third kappa shape index (κ3) is 4.07. The lowest BCUT2D eigenvalue weighted by molar-refractivity contribution is -0.133. The molecule has 4 aromatic rings. The zero-order valence-electron chi connectivity index (χ0n) is 19.7. The van der Waals surface area contributed by atoms with Crippen LogP contribution in [0, 0.1) is 6.92 Å². The van der Waals surface area contributed by atoms with E-state index in [0.29, 0.717) is 29.0 Å². The van der Waals surface area contributed by atoms with Gasteiger partial charge in [0.05, 0.1) is 31.5 Å². The number of aryl methyl sites for hydroxylation is 1. The molecule has 1 aliphatic heterocycles. The summed E-state index contributed by atoms with van der Waals surface area (Å²) in [5.74, 6) is 0.190. The van der Waals surface area contributed by atoms with Gasteiger partial charge in [-0.2, -0.15) is 5.10 Å². The van der Waals surface area contributed by atoms with Gasteiger partial charge in [-0.05, 0) is 30.7 Å². The van der Waals surface area contributed by atoms with Crippen LogP contribution >= 0.6 is 0 Å². The summed E-state index contributed by atoms with van der Waals surface area (Å²) >= 11 is 0. The lowest BCUT2D eigenvalue weighted by atomic mass is 9.97. The molecule has 1 aliphatic rings. The van der Waals surface area contributed by atoms with Gasteiger partial charge >= 0.3 is 5.76 Å². The molecule has 0 spiro atoms. The third-order valence-corrected chi connectivity index (χ3v) is 6.21. The van der Waals surface area contributed by atoms with Crippen molar-refractivity contribution < 1.29 is 18.7 Å². The number of methoxy groups -OCH3 is 2. The first-order valence-electron chi connectivity index (χ1n) is 11.3. The lowest BCUT2D eigenvalue weighted by Crippen LogP contribution is -2.33. The summed E-state index contributed by atoms with van der Waals surface area (Å²) in [6.07, 6.45) is 0.485. The molecule has 8 heteroatoms. The number of rotatable bonds is 6. The number of para-hydroxylation sites is 3. The number of ether oxygens (including phenoxy) is 2. The van der Waals surface area contributed by atoms with E-state index in [1.54, 1.807) is 38.5 Å². The van der Waals surface area contributed by atoms with Crippen molar-refractivity contribution in [2.24, 2.45) is 5.10 Å². The number of oxazole rings is 1. The average Bonchev–Trinajstić information content (AvgIpc) is 3.45. The van der Waals surface area contributed by atoms with Crippen LogP contribution in [0.4, 0.5) is 0 Å². The van der Waals surface area contributed by atoms with Crippen LogP contribution in [0.5, 0.6) is 11.5 Å². The molecule has 1 aromatic heterocycles. The maximum Gasteiger partial charge on any atom is 0.420 e. The van der Waals surface area contributed by atoms with E-state index in [2.05, 4.69) is 0 Å². The van der Waals surface area contributed by atoms with Crippen molar-refractivity contribution in [1.29, 1.82) is 0 Å². The molecule has 3 aromatic carbocycles. The summed E-state index contributed by atoms with van der Waals surface area (Å²) in [5, 5.41) is 6.17. The molecule has 8 nitrogen and oxygen atoms in total. The maximum absolute atomic E-state index is 13.6. The second-order valence-corrected chi connectivity index (χ2v) is 8.38. The smallest absolute Gasteiger partial charge is 0.420 e. The summed E-state index contributed by atoms with van der Waals surface area (Å²) in [6.45, 7) is 1.82. The zero-order valence-corrected chi connectivity index (χ0v) is 19.7. The van der Waals surface area contributed by atoms with E-state index in [4.69, 9.17) is 19.0 Å². The highest BCUT2D eigenvalue weighted by Gasteiger charge is 2.36. The summed E-state index contributed by atoms with van der Waals surface area (Å²) in [7, 11) is 3.14. The van der Waals surface area contributed by atoms with Gasteiger partial charge in [0, 0.05) is 12.0 Å². The first-order valence-corrected chi connectivity index (χ1v) is 11.3. The SMILES string of the molecule is COc1cccc(C2CC(c3ccc(C)cc3)=NN2C(=O)Cn2c(=O)oc3ccccc32)c1OC. The van der Waals surface area contributed by atoms with E-state index >= 15 is 0 Å². The van der Waals surface area contributed by atoms with Gasteiger partial charge in [0.15, 0.2) is 17.1 Å². The van der Waals surface area contributed by atoms with Crippen molar-refractivity contribution >= 4 is 22.7 Å². The molecule has 1 unspecified atom stereocenters. The van der Waals surface area contributed by atoms with Crippen molar-refractivity contribution in [2.75, 3.05) is 14.2 Å². The van der Waals surface area contributed by atoms with Crippen LogP contribution < -0.4 is 15.2 Å². The lowest BCUT2D eigenvalue weighted by Gasteiger charge is -2.24. The van der Waals surface area contributed by atoms with Gasteiger partial charge in [0.1, 0.15) is 6.54 Å². The van der Waals surface area contributed by atoms with Crippen LogP contribution in [0.15, 0.2) is 81.0 Å². The van der Waals surface area contributed by atoms with Crippen LogP contribution in [-0.2, 0) is 11.3 Å². The number of fused-ring (bicyclic) bond motifs is 1. The fraction of sp³-hybridized carbons (Fsp3) is 0.222. The summed E-state index contributed by atoms with van der Waals surface area (Å²) in [4.78, 5) is 26.1. The molecular formula is C27H25N3O5. The van der Waals surface area contributed by atoms with E-state index in [1.165, 1.54) is 9.58 Å². The molecule has 0 aliphatic carbocycles. The van der Waals surface area contributed by atoms with Gasteiger partial charge in [-0.1, -0.05) is 54.1 Å². The predicted octanol–water partition coefficient (Wildman–Crippen LogP) is 4.30. The van der Waals surface area contributed by atoms with E-state index in [0.717, 1.165) is 22.4 Å². The van der Waals surface area contributed by atoms with E-state index in [9.17, 15) is 9.59 Å². The number of amides is 1. The van der Waals surface area contributed by atoms with E-state index < -0.39 is 11.8 Å². The van der Waals surface area contributed by atoms with Gasteiger partial charge in [-0.3, -0.25) is 9.36 Å². The molecule has 0 radical (unpaired) electrons. The number of hydrogen-bond donors (Lipinski definition) is 0. The highest BCUT2D eigenvalue weighted by molar-refractivity contribution is 6.03. The fourth-order valence-electron chi connectivity index (χ4n) is 4.45. The minimum Gasteiger partial charge on any atom is -0.493 e. The van der Waals surface area contributed by atoms with Crippen LogP contribution in [0.1, 0.15) is 29.2 Å². The standard InChI is InChI=1S/C27H25N3O5/c1-17-11-13-18(14-12-17)20-15-22(19-7-6-10-24(33-2)26(19)34-3)30(28-20)25(31)16-29-21-8-4-5-9-23(21)35-27(29)32/h4-14,22H,15-16H2,1-3H3. The Kier molecular flexibility index (Phi) is 5.86. The predicted molar refractivity (Wildman–Crippen MR) is 132 cm³/mol. The molecule has 0 N–H and O–H groups in total. The molecule has 0 saturated heterocycles. The summed E-state index contributed by atoms with van der Waals surface area (Å²) in [5.41, 5.74) is 4.61. The second-order valence-electron chi connectivity index (χ2n) is 8.38. The Hall–Kier alpha value is -4.33. The highest BCUT2D eigenvalue weighted by Crippen LogP contribution is 2.41. The van der Waals surface area contributed by atoms with E-state index in [1.807, 2.05) is 49.4 Å². The average molecular weight is 472 g/mol. The molecular weight excluding hydrogens is 446 g/mol. The quantitative estimate of drug-likeness (QED) is 0.419. The fourth-order valence-corrected chi connectivity index (χ4v) is 4.45. The minimum atomic E-state index is -0.586. The molecule has 0 saturated carbocycles. The van der Waals surface area contributed by atoms with E-state index in [-0.39, 0.29) is 12.5 Å². The first-order chi connectivity index (χ1) is 17.0. The van der Waals surface area contributed by atoms with Crippen molar-refractivity contribution in [2.45, 2.75) is 25.9 Å². The largest absolute Gasteiger partial charge is 0.493 e. The van der Waals surface area contributed by atoms with Crippen molar-refractivity contribution in [3.63, 3.8) is 0 Å². The molecule has 2 heterocycles. The Morgan fingerprint density at radius 2 is 1.80 bits per heavy atom. The monoisotopic (exact) mass is 471 g/mol. The number of carbonyl (C=O) groups excluding carboxylic acids is 1. The van der Waals surface area contributed by atoms with Crippen molar-refractivity contribution in [1.82, 2.24) is 9.58 Å². The number of hydrazone groups is 1. The van der Waals surface area contributed by atoms with Crippen LogP contribution in [-0.4, -0.2) is 35.4 Å². The zero-order chi connectivity index (χ0) is 24.5. The van der Waals surface area contributed by atoms with Crippen LogP contribution in [0.3, 0.4) is 0 Å². The number of aromatic nitrogens is 1. The minimum absolute atomic E-state index is 0.205. The number of nitrogens with zero attached hydrogens (tertiary/aromatic N) is 3. The normalized spacial score (nSPS) is 15.3. The van der Waals surface area contributed by atoms with Gasteiger partial charge in [0.25, 0.3) is 5.91 Å². The molecule has 0 fully saturated rings. The maximum atomic E-state index is 13.6. The molecule has 1 amide bonds. The second kappa shape index (κ2) is 9.13. The van der Waals surface area contributed by atoms with Gasteiger partial charge in [-0.25, -0.2) is 9.80 Å². The Bertz CT molecular complexity index is 1480. The molecule has 178 valence electrons. The molecule has 5 rings (SSSR count). The van der Waals surface area contributed by atoms with Crippen molar-refractivity contribution in [3.8, 4) is 11.5 Å². The number of hydrogen-bond acceptors (Lipinski definition) is 6. The van der Waals surface area contributed by atoms with Crippen LogP contribution in [0.25, 0.3) is 11.1 Å². The molecule has 0 bridgehead atoms. The Labute approximate surface area is 202 Å². The Morgan fingerprint density at radius 1 is 1.03 bits per heavy atom. The van der Waals surface area contributed by atoms with Crippen LogP contribution in [0.2, 0.25) is 0 Å². The summed E-state index contributed by atoms with van der Waals surface area (Å²) < 4.78 is 17.8. The van der Waals surface area contributed by atoms with Gasteiger partial charge < -0.3 is 13.9 Å². The first kappa shape index (κ1) is 22.5. The van der Waals surface area contributed by atoms with Gasteiger partial charge in [0.2, 0.25) is 0 Å². The molecule has 35 heavy (non-hydrogen) atoms. The highest BCUT2D eigenvalue weighted by atomic mass is 16.5. The van der Waals surface area contributed by atoms with Gasteiger partial charge in [-0.15, -0.1) is 0 Å². The van der Waals surface area contributed by atoms with Crippen molar-refractivity contribution in [3.05, 3.63) is 94.0 Å². The number of carbonyl (C=O) groups is 1.